The summed E-state index contributed by atoms with van der Waals surface area (Å²) in [5, 5.41) is 22.3. The first-order valence-corrected chi connectivity index (χ1v) is 7.54. The number of carboxylic acids is 2. The normalized spacial score (nSPS) is 10.5. The Labute approximate surface area is 148 Å². The van der Waals surface area contributed by atoms with Gasteiger partial charge in [-0.15, -0.1) is 0 Å². The van der Waals surface area contributed by atoms with Gasteiger partial charge in [0.25, 0.3) is 0 Å². The number of benzene rings is 2. The van der Waals surface area contributed by atoms with Crippen LogP contribution >= 0.6 is 0 Å². The largest absolute Gasteiger partial charge is 0.480 e. The fraction of sp³-hybridized carbons (Fsp3) is 0.111. The highest BCUT2D eigenvalue weighted by Gasteiger charge is 2.10. The van der Waals surface area contributed by atoms with Gasteiger partial charge in [0.15, 0.2) is 0 Å². The van der Waals surface area contributed by atoms with E-state index in [1.54, 1.807) is 54.6 Å². The van der Waals surface area contributed by atoms with Crippen LogP contribution in [0.25, 0.3) is 0 Å². The second-order valence-electron chi connectivity index (χ2n) is 5.18. The van der Waals surface area contributed by atoms with Crippen molar-refractivity contribution in [3.05, 3.63) is 65.7 Å². The molecule has 0 radical (unpaired) electrons. The third kappa shape index (κ3) is 6.08. The Morgan fingerprint density at radius 3 is 2.04 bits per heavy atom. The Bertz CT molecular complexity index is 786. The van der Waals surface area contributed by atoms with E-state index in [0.717, 1.165) is 5.01 Å². The molecule has 0 spiro atoms. The summed E-state index contributed by atoms with van der Waals surface area (Å²) in [5.74, 6) is -2.52. The SMILES string of the molecule is O=C(O)CN(CC(=O)O)/N=C\c1ccc(OC(=O)c2ccccc2)cc1. The summed E-state index contributed by atoms with van der Waals surface area (Å²) < 4.78 is 5.24. The molecule has 0 aliphatic heterocycles. The molecule has 8 nitrogen and oxygen atoms in total. The van der Waals surface area contributed by atoms with E-state index in [2.05, 4.69) is 5.10 Å². The van der Waals surface area contributed by atoms with Gasteiger partial charge < -0.3 is 14.9 Å². The second kappa shape index (κ2) is 8.97. The van der Waals surface area contributed by atoms with Gasteiger partial charge in [-0.2, -0.15) is 5.10 Å². The maximum absolute atomic E-state index is 12.0. The van der Waals surface area contributed by atoms with Gasteiger partial charge in [-0.25, -0.2) is 4.79 Å². The quantitative estimate of drug-likeness (QED) is 0.320. The molecule has 2 aromatic carbocycles. The van der Waals surface area contributed by atoms with E-state index < -0.39 is 31.0 Å². The number of aliphatic carboxylic acids is 2. The zero-order valence-corrected chi connectivity index (χ0v) is 13.6. The Hall–Kier alpha value is -3.68. The molecule has 2 rings (SSSR count). The Balaban J connectivity index is 2.00. The van der Waals surface area contributed by atoms with Gasteiger partial charge in [-0.05, 0) is 42.0 Å². The highest BCUT2D eigenvalue weighted by atomic mass is 16.5. The highest BCUT2D eigenvalue weighted by molar-refractivity contribution is 5.91. The van der Waals surface area contributed by atoms with E-state index >= 15 is 0 Å². The maximum atomic E-state index is 12.0. The lowest BCUT2D eigenvalue weighted by Gasteiger charge is -2.13. The van der Waals surface area contributed by atoms with Crippen molar-refractivity contribution in [2.45, 2.75) is 0 Å². The molecule has 26 heavy (non-hydrogen) atoms. The number of esters is 1. The van der Waals surface area contributed by atoms with Gasteiger partial charge in [0.2, 0.25) is 0 Å². The van der Waals surface area contributed by atoms with Gasteiger partial charge in [-0.3, -0.25) is 14.6 Å². The number of hydrogen-bond acceptors (Lipinski definition) is 6. The smallest absolute Gasteiger partial charge is 0.343 e. The van der Waals surface area contributed by atoms with Crippen molar-refractivity contribution in [3.8, 4) is 5.75 Å². The number of ether oxygens (including phenoxy) is 1. The molecule has 0 saturated carbocycles. The minimum Gasteiger partial charge on any atom is -0.480 e. The van der Waals surface area contributed by atoms with Crippen LogP contribution in [-0.4, -0.2) is 52.4 Å². The Morgan fingerprint density at radius 2 is 1.50 bits per heavy atom. The lowest BCUT2D eigenvalue weighted by atomic mass is 10.2. The first-order chi connectivity index (χ1) is 12.4. The average molecular weight is 356 g/mol. The van der Waals surface area contributed by atoms with Gasteiger partial charge in [0, 0.05) is 0 Å². The summed E-state index contributed by atoms with van der Waals surface area (Å²) in [6.07, 6.45) is 1.33. The van der Waals surface area contributed by atoms with Crippen molar-refractivity contribution in [3.63, 3.8) is 0 Å². The molecule has 0 atom stereocenters. The van der Waals surface area contributed by atoms with E-state index in [9.17, 15) is 14.4 Å². The number of rotatable bonds is 8. The van der Waals surface area contributed by atoms with Crippen LogP contribution < -0.4 is 4.74 Å². The molecule has 0 saturated heterocycles. The molecular weight excluding hydrogens is 340 g/mol. The molecule has 2 aromatic rings. The number of hydrogen-bond donors (Lipinski definition) is 2. The molecule has 0 heterocycles. The van der Waals surface area contributed by atoms with Crippen LogP contribution in [0, 0.1) is 0 Å². The lowest BCUT2D eigenvalue weighted by molar-refractivity contribution is -0.141. The molecule has 0 aliphatic carbocycles. The standard InChI is InChI=1S/C18H16N2O6/c21-16(22)11-20(12-17(23)24)19-10-13-6-8-15(9-7-13)26-18(25)14-4-2-1-3-5-14/h1-10H,11-12H2,(H,21,22)(H,23,24)/b19-10-. The first kappa shape index (κ1) is 18.7. The second-order valence-corrected chi connectivity index (χ2v) is 5.18. The number of carboxylic acid groups (broad SMARTS) is 2. The van der Waals surface area contributed by atoms with Gasteiger partial charge in [0.05, 0.1) is 11.8 Å². The van der Waals surface area contributed by atoms with E-state index in [1.165, 1.54) is 6.21 Å². The van der Waals surface area contributed by atoms with Crippen LogP contribution in [0.4, 0.5) is 0 Å². The number of nitrogens with zero attached hydrogens (tertiary/aromatic N) is 2. The maximum Gasteiger partial charge on any atom is 0.343 e. The third-order valence-electron chi connectivity index (χ3n) is 3.11. The molecule has 8 heteroatoms. The van der Waals surface area contributed by atoms with Crippen LogP contribution in [0.2, 0.25) is 0 Å². The summed E-state index contributed by atoms with van der Waals surface area (Å²) >= 11 is 0. The van der Waals surface area contributed by atoms with Crippen molar-refractivity contribution in [1.29, 1.82) is 0 Å². The first-order valence-electron chi connectivity index (χ1n) is 7.54. The van der Waals surface area contributed by atoms with Crippen LogP contribution in [0.15, 0.2) is 59.7 Å². The number of carbonyl (C=O) groups is 3. The predicted octanol–water partition coefficient (Wildman–Crippen LogP) is 1.71. The predicted molar refractivity (Wildman–Crippen MR) is 92.3 cm³/mol. The van der Waals surface area contributed by atoms with Gasteiger partial charge in [0.1, 0.15) is 18.8 Å². The number of hydrazone groups is 1. The summed E-state index contributed by atoms with van der Waals surface area (Å²) in [6.45, 7) is -1.06. The summed E-state index contributed by atoms with van der Waals surface area (Å²) in [5.41, 5.74) is 1.02. The van der Waals surface area contributed by atoms with Gasteiger partial charge in [-0.1, -0.05) is 18.2 Å². The van der Waals surface area contributed by atoms with Crippen molar-refractivity contribution in [1.82, 2.24) is 5.01 Å². The van der Waals surface area contributed by atoms with Crippen molar-refractivity contribution >= 4 is 24.1 Å². The molecule has 0 aromatic heterocycles. The topological polar surface area (TPSA) is 116 Å². The molecule has 0 unspecified atom stereocenters. The zero-order valence-electron chi connectivity index (χ0n) is 13.6. The summed E-state index contributed by atoms with van der Waals surface area (Å²) in [4.78, 5) is 33.4. The third-order valence-corrected chi connectivity index (χ3v) is 3.11. The monoisotopic (exact) mass is 356 g/mol. The van der Waals surface area contributed by atoms with Gasteiger partial charge >= 0.3 is 17.9 Å². The van der Waals surface area contributed by atoms with Crippen LogP contribution in [0.5, 0.6) is 5.75 Å². The molecule has 2 N–H and O–H groups in total. The van der Waals surface area contributed by atoms with E-state index in [-0.39, 0.29) is 0 Å². The van der Waals surface area contributed by atoms with Crippen molar-refractivity contribution in [2.24, 2.45) is 5.10 Å². The Morgan fingerprint density at radius 1 is 0.923 bits per heavy atom. The van der Waals surface area contributed by atoms with Crippen LogP contribution in [0.3, 0.4) is 0 Å². The molecule has 0 amide bonds. The van der Waals surface area contributed by atoms with Crippen molar-refractivity contribution < 1.29 is 29.3 Å². The van der Waals surface area contributed by atoms with Crippen molar-refractivity contribution in [2.75, 3.05) is 13.1 Å². The zero-order chi connectivity index (χ0) is 18.9. The van der Waals surface area contributed by atoms with E-state index in [1.807, 2.05) is 0 Å². The summed E-state index contributed by atoms with van der Waals surface area (Å²) in [6, 6.07) is 14.9. The highest BCUT2D eigenvalue weighted by Crippen LogP contribution is 2.13. The fourth-order valence-electron chi connectivity index (χ4n) is 1.96. The molecule has 0 fully saturated rings. The summed E-state index contributed by atoms with van der Waals surface area (Å²) in [7, 11) is 0. The molecule has 0 bridgehead atoms. The van der Waals surface area contributed by atoms with Crippen LogP contribution in [0.1, 0.15) is 15.9 Å². The molecule has 0 aliphatic rings. The minimum atomic E-state index is -1.19. The minimum absolute atomic E-state index is 0.337. The van der Waals surface area contributed by atoms with E-state index in [4.69, 9.17) is 14.9 Å². The molecule has 134 valence electrons. The van der Waals surface area contributed by atoms with E-state index in [0.29, 0.717) is 16.9 Å². The Kier molecular flexibility index (Phi) is 6.44. The van der Waals surface area contributed by atoms with Crippen LogP contribution in [-0.2, 0) is 9.59 Å². The molecular formula is C18H16N2O6. The number of carbonyl (C=O) groups excluding carboxylic acids is 1. The lowest BCUT2D eigenvalue weighted by Crippen LogP contribution is -2.30. The average Bonchev–Trinajstić information content (AvgIpc) is 2.60. The fourth-order valence-corrected chi connectivity index (χ4v) is 1.96.